The average Bonchev–Trinajstić information content (AvgIpc) is 2.96. The van der Waals surface area contributed by atoms with Crippen LogP contribution >= 0.6 is 0 Å². The van der Waals surface area contributed by atoms with Crippen molar-refractivity contribution in [2.45, 2.75) is 51.7 Å². The molecule has 0 aliphatic heterocycles. The minimum Gasteiger partial charge on any atom is -0.382 e. The van der Waals surface area contributed by atoms with Gasteiger partial charge < -0.3 is 15.4 Å². The predicted molar refractivity (Wildman–Crippen MR) is 85.7 cm³/mol. The van der Waals surface area contributed by atoms with Crippen molar-refractivity contribution >= 4 is 11.6 Å². The predicted octanol–water partition coefficient (Wildman–Crippen LogP) is 3.20. The molecule has 116 valence electrons. The first-order chi connectivity index (χ1) is 10.2. The molecule has 21 heavy (non-hydrogen) atoms. The summed E-state index contributed by atoms with van der Waals surface area (Å²) in [5.74, 6) is -0.0474. The van der Waals surface area contributed by atoms with E-state index in [-0.39, 0.29) is 5.91 Å². The molecule has 1 aliphatic rings. The molecular formula is C17H26N2O2. The van der Waals surface area contributed by atoms with Crippen LogP contribution in [-0.2, 0) is 4.74 Å². The number of benzene rings is 1. The van der Waals surface area contributed by atoms with Crippen LogP contribution in [0.2, 0.25) is 0 Å². The number of carbonyl (C=O) groups excluding carboxylic acids is 1. The van der Waals surface area contributed by atoms with Gasteiger partial charge >= 0.3 is 0 Å². The smallest absolute Gasteiger partial charge is 0.253 e. The summed E-state index contributed by atoms with van der Waals surface area (Å²) < 4.78 is 5.75. The number of hydrogen-bond donors (Lipinski definition) is 2. The van der Waals surface area contributed by atoms with Gasteiger partial charge in [0.15, 0.2) is 0 Å². The van der Waals surface area contributed by atoms with Crippen LogP contribution in [-0.4, -0.2) is 31.2 Å². The van der Waals surface area contributed by atoms with Gasteiger partial charge in [-0.15, -0.1) is 0 Å². The first kappa shape index (κ1) is 15.8. The Morgan fingerprint density at radius 3 is 2.71 bits per heavy atom. The molecule has 1 aromatic carbocycles. The standard InChI is InChI=1S/C17H26N2O2/c1-13(2)19-16-10-6-5-9-15(16)17(20)18-11-12-21-14-7-3-4-8-14/h5-6,9-10,13-14,19H,3-4,7-8,11-12H2,1-2H3,(H,18,20). The van der Waals surface area contributed by atoms with Crippen molar-refractivity contribution in [1.29, 1.82) is 0 Å². The minimum absolute atomic E-state index is 0.0474. The number of hydrogen-bond acceptors (Lipinski definition) is 3. The van der Waals surface area contributed by atoms with Gasteiger partial charge in [0.25, 0.3) is 5.91 Å². The van der Waals surface area contributed by atoms with Crippen LogP contribution < -0.4 is 10.6 Å². The molecule has 0 bridgehead atoms. The molecule has 1 fully saturated rings. The summed E-state index contributed by atoms with van der Waals surface area (Å²) in [6, 6.07) is 7.90. The van der Waals surface area contributed by atoms with Crippen LogP contribution in [0, 0.1) is 0 Å². The molecule has 0 aromatic heterocycles. The highest BCUT2D eigenvalue weighted by atomic mass is 16.5. The Labute approximate surface area is 127 Å². The maximum Gasteiger partial charge on any atom is 0.253 e. The highest BCUT2D eigenvalue weighted by molar-refractivity contribution is 5.99. The molecule has 1 saturated carbocycles. The largest absolute Gasteiger partial charge is 0.382 e. The Morgan fingerprint density at radius 2 is 2.00 bits per heavy atom. The summed E-state index contributed by atoms with van der Waals surface area (Å²) in [7, 11) is 0. The van der Waals surface area contributed by atoms with Crippen molar-refractivity contribution in [3.8, 4) is 0 Å². The van der Waals surface area contributed by atoms with Gasteiger partial charge in [0.1, 0.15) is 0 Å². The SMILES string of the molecule is CC(C)Nc1ccccc1C(=O)NCCOC1CCCC1. The van der Waals surface area contributed by atoms with Crippen molar-refractivity contribution in [3.05, 3.63) is 29.8 Å². The second kappa shape index (κ2) is 8.03. The van der Waals surface area contributed by atoms with Crippen LogP contribution in [0.15, 0.2) is 24.3 Å². The normalized spacial score (nSPS) is 15.4. The van der Waals surface area contributed by atoms with Crippen molar-refractivity contribution in [3.63, 3.8) is 0 Å². The second-order valence-corrected chi connectivity index (χ2v) is 5.88. The zero-order valence-corrected chi connectivity index (χ0v) is 13.0. The molecule has 0 radical (unpaired) electrons. The van der Waals surface area contributed by atoms with Crippen LogP contribution in [0.3, 0.4) is 0 Å². The van der Waals surface area contributed by atoms with Crippen molar-refractivity contribution in [2.24, 2.45) is 0 Å². The summed E-state index contributed by atoms with van der Waals surface area (Å²) >= 11 is 0. The van der Waals surface area contributed by atoms with E-state index in [9.17, 15) is 4.79 Å². The number of anilines is 1. The van der Waals surface area contributed by atoms with Gasteiger partial charge in [-0.25, -0.2) is 0 Å². The summed E-state index contributed by atoms with van der Waals surface area (Å²) in [6.07, 6.45) is 5.26. The monoisotopic (exact) mass is 290 g/mol. The third kappa shape index (κ3) is 5.05. The third-order valence-electron chi connectivity index (χ3n) is 3.66. The topological polar surface area (TPSA) is 50.4 Å². The Bertz CT molecular complexity index is 454. The van der Waals surface area contributed by atoms with Crippen LogP contribution in [0.25, 0.3) is 0 Å². The number of rotatable bonds is 7. The maximum atomic E-state index is 12.2. The lowest BCUT2D eigenvalue weighted by molar-refractivity contribution is 0.0582. The lowest BCUT2D eigenvalue weighted by atomic mass is 10.1. The molecule has 1 aliphatic carbocycles. The van der Waals surface area contributed by atoms with Crippen molar-refractivity contribution < 1.29 is 9.53 Å². The van der Waals surface area contributed by atoms with Crippen molar-refractivity contribution in [1.82, 2.24) is 5.32 Å². The van der Waals surface area contributed by atoms with Crippen LogP contribution in [0.1, 0.15) is 49.9 Å². The molecule has 2 N–H and O–H groups in total. The zero-order valence-electron chi connectivity index (χ0n) is 13.0. The highest BCUT2D eigenvalue weighted by Crippen LogP contribution is 2.20. The van der Waals surface area contributed by atoms with Crippen LogP contribution in [0.5, 0.6) is 0 Å². The van der Waals surface area contributed by atoms with E-state index in [4.69, 9.17) is 4.74 Å². The van der Waals surface area contributed by atoms with E-state index < -0.39 is 0 Å². The summed E-state index contributed by atoms with van der Waals surface area (Å²) in [5, 5.41) is 6.23. The molecule has 1 aromatic rings. The quantitative estimate of drug-likeness (QED) is 0.758. The summed E-state index contributed by atoms with van der Waals surface area (Å²) in [6.45, 7) is 5.27. The number of amides is 1. The van der Waals surface area contributed by atoms with E-state index in [1.54, 1.807) is 0 Å². The van der Waals surface area contributed by atoms with E-state index in [2.05, 4.69) is 24.5 Å². The van der Waals surface area contributed by atoms with Gasteiger partial charge in [0.2, 0.25) is 0 Å². The first-order valence-electron chi connectivity index (χ1n) is 7.92. The molecular weight excluding hydrogens is 264 g/mol. The van der Waals surface area contributed by atoms with E-state index >= 15 is 0 Å². The molecule has 0 heterocycles. The number of ether oxygens (including phenoxy) is 1. The Kier molecular flexibility index (Phi) is 6.05. The van der Waals surface area contributed by atoms with Gasteiger partial charge in [0.05, 0.1) is 18.3 Å². The third-order valence-corrected chi connectivity index (χ3v) is 3.66. The van der Waals surface area contributed by atoms with E-state index in [0.717, 1.165) is 18.5 Å². The first-order valence-corrected chi connectivity index (χ1v) is 7.92. The molecule has 4 heteroatoms. The van der Waals surface area contributed by atoms with Gasteiger partial charge in [-0.2, -0.15) is 0 Å². The number of carbonyl (C=O) groups is 1. The van der Waals surface area contributed by atoms with E-state index in [1.807, 2.05) is 24.3 Å². The van der Waals surface area contributed by atoms with Gasteiger partial charge in [-0.3, -0.25) is 4.79 Å². The van der Waals surface area contributed by atoms with E-state index in [1.165, 1.54) is 12.8 Å². The number of para-hydroxylation sites is 1. The summed E-state index contributed by atoms with van der Waals surface area (Å²) in [4.78, 5) is 12.2. The maximum absolute atomic E-state index is 12.2. The minimum atomic E-state index is -0.0474. The van der Waals surface area contributed by atoms with Gasteiger partial charge in [0, 0.05) is 18.3 Å². The lowest BCUT2D eigenvalue weighted by Gasteiger charge is -2.15. The Balaban J connectivity index is 1.79. The molecule has 4 nitrogen and oxygen atoms in total. The number of nitrogens with one attached hydrogen (secondary N) is 2. The molecule has 0 atom stereocenters. The molecule has 0 spiro atoms. The second-order valence-electron chi connectivity index (χ2n) is 5.88. The Morgan fingerprint density at radius 1 is 1.29 bits per heavy atom. The fraction of sp³-hybridized carbons (Fsp3) is 0.588. The lowest BCUT2D eigenvalue weighted by Crippen LogP contribution is -2.29. The fourth-order valence-corrected chi connectivity index (χ4v) is 2.66. The van der Waals surface area contributed by atoms with Gasteiger partial charge in [-0.1, -0.05) is 25.0 Å². The van der Waals surface area contributed by atoms with Crippen LogP contribution in [0.4, 0.5) is 5.69 Å². The van der Waals surface area contributed by atoms with Gasteiger partial charge in [-0.05, 0) is 38.8 Å². The zero-order chi connectivity index (χ0) is 15.1. The van der Waals surface area contributed by atoms with Crippen molar-refractivity contribution in [2.75, 3.05) is 18.5 Å². The van der Waals surface area contributed by atoms with E-state index in [0.29, 0.717) is 30.9 Å². The molecule has 0 saturated heterocycles. The highest BCUT2D eigenvalue weighted by Gasteiger charge is 2.15. The molecule has 2 rings (SSSR count). The Hall–Kier alpha value is -1.55. The molecule has 0 unspecified atom stereocenters. The summed E-state index contributed by atoms with van der Waals surface area (Å²) in [5.41, 5.74) is 1.56. The fourth-order valence-electron chi connectivity index (χ4n) is 2.66. The molecule has 1 amide bonds. The average molecular weight is 290 g/mol.